The summed E-state index contributed by atoms with van der Waals surface area (Å²) in [6.07, 6.45) is 5.54. The third kappa shape index (κ3) is 1.11. The molecule has 1 aromatic rings. The van der Waals surface area contributed by atoms with Crippen LogP contribution < -0.4 is 0 Å². The van der Waals surface area contributed by atoms with Gasteiger partial charge in [0.25, 0.3) is 0 Å². The maximum Gasteiger partial charge on any atom is 0.0945 e. The van der Waals surface area contributed by atoms with E-state index in [0.29, 0.717) is 5.02 Å². The molecule has 2 nitrogen and oxygen atoms in total. The van der Waals surface area contributed by atoms with Gasteiger partial charge in [-0.2, -0.15) is 0 Å². The van der Waals surface area contributed by atoms with E-state index in [2.05, 4.69) is 4.98 Å². The third-order valence-electron chi connectivity index (χ3n) is 2.36. The van der Waals surface area contributed by atoms with E-state index in [0.717, 1.165) is 18.4 Å². The smallest absolute Gasteiger partial charge is 0.0945 e. The van der Waals surface area contributed by atoms with E-state index in [1.165, 1.54) is 0 Å². The predicted molar refractivity (Wildman–Crippen MR) is 47.2 cm³/mol. The predicted octanol–water partition coefficient (Wildman–Crippen LogP) is 2.37. The quantitative estimate of drug-likeness (QED) is 0.703. The summed E-state index contributed by atoms with van der Waals surface area (Å²) in [5.74, 6) is 0. The van der Waals surface area contributed by atoms with Crippen LogP contribution in [0.1, 0.15) is 18.4 Å². The summed E-state index contributed by atoms with van der Waals surface area (Å²) in [6, 6.07) is 1.93. The monoisotopic (exact) mass is 183 g/mol. The van der Waals surface area contributed by atoms with Crippen LogP contribution in [0.5, 0.6) is 0 Å². The van der Waals surface area contributed by atoms with Gasteiger partial charge in [-0.15, -0.1) is 0 Å². The van der Waals surface area contributed by atoms with Crippen LogP contribution in [0.4, 0.5) is 0 Å². The maximum atomic E-state index is 5.99. The molecular weight excluding hydrogens is 174 g/mol. The van der Waals surface area contributed by atoms with Gasteiger partial charge in [0.15, 0.2) is 0 Å². The molecule has 0 spiro atoms. The highest BCUT2D eigenvalue weighted by molar-refractivity contribution is 6.31. The molecule has 0 bridgehead atoms. The summed E-state index contributed by atoms with van der Waals surface area (Å²) in [4.78, 5) is 3.93. The number of hydrogen-bond donors (Lipinski definition) is 0. The Morgan fingerprint density at radius 1 is 1.58 bits per heavy atom. The van der Waals surface area contributed by atoms with E-state index in [-0.39, 0.29) is 5.60 Å². The molecule has 0 radical (unpaired) electrons. The second kappa shape index (κ2) is 2.71. The number of nitrogens with zero attached hydrogens (tertiary/aromatic N) is 1. The Bertz CT molecular complexity index is 296. The minimum atomic E-state index is -0.0972. The van der Waals surface area contributed by atoms with Crippen molar-refractivity contribution in [3.05, 3.63) is 29.0 Å². The molecule has 0 saturated heterocycles. The summed E-state index contributed by atoms with van der Waals surface area (Å²) in [7, 11) is 1.73. The lowest BCUT2D eigenvalue weighted by Crippen LogP contribution is -2.09. The number of aromatic nitrogens is 1. The molecule has 3 heteroatoms. The fourth-order valence-corrected chi connectivity index (χ4v) is 1.73. The van der Waals surface area contributed by atoms with Crippen LogP contribution in [0.3, 0.4) is 0 Å². The van der Waals surface area contributed by atoms with Gasteiger partial charge in [-0.3, -0.25) is 4.98 Å². The van der Waals surface area contributed by atoms with Crippen molar-refractivity contribution in [2.75, 3.05) is 7.11 Å². The Balaban J connectivity index is 2.40. The maximum absolute atomic E-state index is 5.99. The molecule has 64 valence electrons. The van der Waals surface area contributed by atoms with Crippen LogP contribution in [0.2, 0.25) is 5.02 Å². The molecule has 0 atom stereocenters. The lowest BCUT2D eigenvalue weighted by molar-refractivity contribution is 0.0789. The van der Waals surface area contributed by atoms with Crippen LogP contribution in [0, 0.1) is 0 Å². The number of hydrogen-bond acceptors (Lipinski definition) is 2. The molecule has 1 saturated carbocycles. The molecule has 1 heterocycles. The summed E-state index contributed by atoms with van der Waals surface area (Å²) < 4.78 is 5.40. The molecule has 1 aromatic heterocycles. The molecule has 1 aliphatic rings. The largest absolute Gasteiger partial charge is 0.373 e. The lowest BCUT2D eigenvalue weighted by atomic mass is 10.1. The minimum Gasteiger partial charge on any atom is -0.373 e. The van der Waals surface area contributed by atoms with E-state index in [9.17, 15) is 0 Å². The zero-order valence-electron chi connectivity index (χ0n) is 6.88. The van der Waals surface area contributed by atoms with Crippen molar-refractivity contribution in [2.45, 2.75) is 18.4 Å². The van der Waals surface area contributed by atoms with Gasteiger partial charge in [0.1, 0.15) is 0 Å². The highest BCUT2D eigenvalue weighted by Gasteiger charge is 2.45. The number of rotatable bonds is 2. The van der Waals surface area contributed by atoms with Gasteiger partial charge < -0.3 is 4.74 Å². The van der Waals surface area contributed by atoms with Crippen molar-refractivity contribution in [1.29, 1.82) is 0 Å². The van der Waals surface area contributed by atoms with Gasteiger partial charge in [0, 0.05) is 25.1 Å². The molecule has 0 aromatic carbocycles. The fraction of sp³-hybridized carbons (Fsp3) is 0.444. The molecule has 1 aliphatic carbocycles. The van der Waals surface area contributed by atoms with Gasteiger partial charge in [-0.25, -0.2) is 0 Å². The van der Waals surface area contributed by atoms with Gasteiger partial charge in [0.2, 0.25) is 0 Å². The van der Waals surface area contributed by atoms with Gasteiger partial charge in [-0.05, 0) is 18.9 Å². The first-order valence-electron chi connectivity index (χ1n) is 3.94. The van der Waals surface area contributed by atoms with E-state index >= 15 is 0 Å². The van der Waals surface area contributed by atoms with E-state index in [4.69, 9.17) is 16.3 Å². The van der Waals surface area contributed by atoms with Gasteiger partial charge in [-0.1, -0.05) is 11.6 Å². The third-order valence-corrected chi connectivity index (χ3v) is 2.66. The SMILES string of the molecule is COC1(c2ccncc2Cl)CC1. The molecule has 1 fully saturated rings. The topological polar surface area (TPSA) is 22.1 Å². The number of halogens is 1. The number of pyridine rings is 1. The van der Waals surface area contributed by atoms with Crippen LogP contribution in [-0.2, 0) is 10.3 Å². The molecule has 2 rings (SSSR count). The Morgan fingerprint density at radius 2 is 2.33 bits per heavy atom. The van der Waals surface area contributed by atoms with E-state index in [1.54, 1.807) is 19.5 Å². The molecular formula is C9H10ClNO. The second-order valence-electron chi connectivity index (χ2n) is 3.05. The Kier molecular flexibility index (Phi) is 1.81. The lowest BCUT2D eigenvalue weighted by Gasteiger charge is -2.14. The first-order chi connectivity index (χ1) is 5.78. The van der Waals surface area contributed by atoms with Crippen LogP contribution in [-0.4, -0.2) is 12.1 Å². The Labute approximate surface area is 76.5 Å². The zero-order chi connectivity index (χ0) is 8.60. The first kappa shape index (κ1) is 8.02. The van der Waals surface area contributed by atoms with Crippen LogP contribution in [0.15, 0.2) is 18.5 Å². The standard InChI is InChI=1S/C9H10ClNO/c1-12-9(3-4-9)7-2-5-11-6-8(7)10/h2,5-6H,3-4H2,1H3. The molecule has 0 aliphatic heterocycles. The van der Waals surface area contributed by atoms with Gasteiger partial charge in [0.05, 0.1) is 10.6 Å². The van der Waals surface area contributed by atoms with Crippen molar-refractivity contribution < 1.29 is 4.74 Å². The highest BCUT2D eigenvalue weighted by atomic mass is 35.5. The Morgan fingerprint density at radius 3 is 2.83 bits per heavy atom. The van der Waals surface area contributed by atoms with Gasteiger partial charge >= 0.3 is 0 Å². The van der Waals surface area contributed by atoms with Crippen LogP contribution in [0.25, 0.3) is 0 Å². The summed E-state index contributed by atoms with van der Waals surface area (Å²) in [6.45, 7) is 0. The Hall–Kier alpha value is -0.600. The van der Waals surface area contributed by atoms with Crippen molar-refractivity contribution in [3.8, 4) is 0 Å². The van der Waals surface area contributed by atoms with Crippen molar-refractivity contribution in [3.63, 3.8) is 0 Å². The fourth-order valence-electron chi connectivity index (χ4n) is 1.44. The summed E-state index contributed by atoms with van der Waals surface area (Å²) in [5.41, 5.74) is 0.974. The first-order valence-corrected chi connectivity index (χ1v) is 4.31. The van der Waals surface area contributed by atoms with E-state index in [1.807, 2.05) is 6.07 Å². The highest BCUT2D eigenvalue weighted by Crippen LogP contribution is 2.50. The van der Waals surface area contributed by atoms with Crippen molar-refractivity contribution in [1.82, 2.24) is 4.98 Å². The second-order valence-corrected chi connectivity index (χ2v) is 3.46. The molecule has 0 N–H and O–H groups in total. The summed E-state index contributed by atoms with van der Waals surface area (Å²) in [5, 5.41) is 0.705. The minimum absolute atomic E-state index is 0.0972. The van der Waals surface area contributed by atoms with Crippen molar-refractivity contribution >= 4 is 11.6 Å². The van der Waals surface area contributed by atoms with E-state index < -0.39 is 0 Å². The summed E-state index contributed by atoms with van der Waals surface area (Å²) >= 11 is 5.99. The average Bonchev–Trinajstić information content (AvgIpc) is 2.86. The molecule has 0 amide bonds. The zero-order valence-corrected chi connectivity index (χ0v) is 7.64. The van der Waals surface area contributed by atoms with Crippen molar-refractivity contribution in [2.24, 2.45) is 0 Å². The number of ether oxygens (including phenoxy) is 1. The normalized spacial score (nSPS) is 19.2. The average molecular weight is 184 g/mol. The molecule has 12 heavy (non-hydrogen) atoms. The molecule has 0 unspecified atom stereocenters. The van der Waals surface area contributed by atoms with Crippen LogP contribution >= 0.6 is 11.6 Å². The number of methoxy groups -OCH3 is 1.